The standard InChI is InChI=1S/C15H20ClNO/c1-10(2)17-13(9-15(3,4)18)7-11-5-6-12(16)8-14(11)17/h5-8,10,18H,9H2,1-4H3. The maximum Gasteiger partial charge on any atom is 0.0646 e. The van der Waals surface area contributed by atoms with Crippen LogP contribution in [0.15, 0.2) is 24.3 Å². The minimum absolute atomic E-state index is 0.346. The molecule has 0 aliphatic heterocycles. The first-order valence-corrected chi connectivity index (χ1v) is 6.67. The van der Waals surface area contributed by atoms with Gasteiger partial charge in [-0.2, -0.15) is 0 Å². The topological polar surface area (TPSA) is 25.2 Å². The second-order valence-electron chi connectivity index (χ2n) is 5.79. The molecule has 3 heteroatoms. The summed E-state index contributed by atoms with van der Waals surface area (Å²) in [4.78, 5) is 0. The predicted molar refractivity (Wildman–Crippen MR) is 77.3 cm³/mol. The number of aliphatic hydroxyl groups is 1. The van der Waals surface area contributed by atoms with E-state index in [2.05, 4.69) is 24.5 Å². The first-order chi connectivity index (χ1) is 8.28. The van der Waals surface area contributed by atoms with Crippen LogP contribution < -0.4 is 0 Å². The van der Waals surface area contributed by atoms with Crippen LogP contribution in [-0.2, 0) is 6.42 Å². The van der Waals surface area contributed by atoms with E-state index < -0.39 is 5.60 Å². The van der Waals surface area contributed by atoms with Gasteiger partial charge in [0.2, 0.25) is 0 Å². The van der Waals surface area contributed by atoms with Crippen LogP contribution in [0, 0.1) is 0 Å². The van der Waals surface area contributed by atoms with Gasteiger partial charge in [-0.15, -0.1) is 0 Å². The zero-order valence-electron chi connectivity index (χ0n) is 11.4. The zero-order valence-corrected chi connectivity index (χ0v) is 12.1. The Morgan fingerprint density at radius 2 is 1.94 bits per heavy atom. The number of aromatic nitrogens is 1. The lowest BCUT2D eigenvalue weighted by atomic mass is 10.0. The van der Waals surface area contributed by atoms with Crippen molar-refractivity contribution in [2.75, 3.05) is 0 Å². The Kier molecular flexibility index (Phi) is 3.43. The number of nitrogens with zero attached hydrogens (tertiary/aromatic N) is 1. The van der Waals surface area contributed by atoms with E-state index in [-0.39, 0.29) is 0 Å². The lowest BCUT2D eigenvalue weighted by Crippen LogP contribution is -2.24. The van der Waals surface area contributed by atoms with Gasteiger partial charge in [-0.1, -0.05) is 17.7 Å². The molecule has 0 aliphatic carbocycles. The molecular formula is C15H20ClNO. The van der Waals surface area contributed by atoms with E-state index in [0.717, 1.165) is 16.2 Å². The monoisotopic (exact) mass is 265 g/mol. The van der Waals surface area contributed by atoms with Crippen molar-refractivity contribution in [1.82, 2.24) is 4.57 Å². The van der Waals surface area contributed by atoms with Crippen LogP contribution in [0.5, 0.6) is 0 Å². The van der Waals surface area contributed by atoms with Gasteiger partial charge in [0.1, 0.15) is 0 Å². The van der Waals surface area contributed by atoms with Gasteiger partial charge in [0.25, 0.3) is 0 Å². The highest BCUT2D eigenvalue weighted by atomic mass is 35.5. The number of fused-ring (bicyclic) bond motifs is 1. The summed E-state index contributed by atoms with van der Waals surface area (Å²) in [6.45, 7) is 7.97. The minimum atomic E-state index is -0.704. The van der Waals surface area contributed by atoms with Gasteiger partial charge >= 0.3 is 0 Å². The molecule has 0 saturated heterocycles. The number of halogens is 1. The predicted octanol–water partition coefficient (Wildman–Crippen LogP) is 4.19. The van der Waals surface area contributed by atoms with Crippen LogP contribution in [0.3, 0.4) is 0 Å². The average Bonchev–Trinajstić information content (AvgIpc) is 2.51. The van der Waals surface area contributed by atoms with E-state index >= 15 is 0 Å². The van der Waals surface area contributed by atoms with Crippen molar-refractivity contribution in [3.63, 3.8) is 0 Å². The fourth-order valence-corrected chi connectivity index (χ4v) is 2.61. The summed E-state index contributed by atoms with van der Waals surface area (Å²) in [5.74, 6) is 0. The molecule has 1 aromatic carbocycles. The summed E-state index contributed by atoms with van der Waals surface area (Å²) in [6, 6.07) is 8.42. The normalized spacial score (nSPS) is 12.6. The van der Waals surface area contributed by atoms with E-state index in [9.17, 15) is 5.11 Å². The Morgan fingerprint density at radius 1 is 1.28 bits per heavy atom. The molecule has 0 bridgehead atoms. The highest BCUT2D eigenvalue weighted by Gasteiger charge is 2.19. The van der Waals surface area contributed by atoms with Crippen molar-refractivity contribution in [3.05, 3.63) is 35.0 Å². The first kappa shape index (κ1) is 13.4. The molecule has 2 aromatic rings. The second kappa shape index (κ2) is 4.60. The molecule has 0 aliphatic rings. The molecule has 2 rings (SSSR count). The van der Waals surface area contributed by atoms with Crippen molar-refractivity contribution in [3.8, 4) is 0 Å². The lowest BCUT2D eigenvalue weighted by molar-refractivity contribution is 0.0789. The van der Waals surface area contributed by atoms with Crippen LogP contribution in [-0.4, -0.2) is 15.3 Å². The fourth-order valence-electron chi connectivity index (χ4n) is 2.44. The summed E-state index contributed by atoms with van der Waals surface area (Å²) in [5.41, 5.74) is 1.58. The van der Waals surface area contributed by atoms with Crippen molar-refractivity contribution in [1.29, 1.82) is 0 Å². The Morgan fingerprint density at radius 3 is 2.50 bits per heavy atom. The van der Waals surface area contributed by atoms with Crippen LogP contribution in [0.25, 0.3) is 10.9 Å². The molecule has 0 fully saturated rings. The molecule has 0 spiro atoms. The maximum atomic E-state index is 10.0. The molecule has 1 aromatic heterocycles. The second-order valence-corrected chi connectivity index (χ2v) is 6.23. The molecule has 2 nitrogen and oxygen atoms in total. The van der Waals surface area contributed by atoms with E-state index in [1.165, 1.54) is 5.39 Å². The van der Waals surface area contributed by atoms with E-state index in [1.807, 2.05) is 32.0 Å². The third kappa shape index (κ3) is 2.70. The zero-order chi connectivity index (χ0) is 13.5. The van der Waals surface area contributed by atoms with Crippen LogP contribution in [0.2, 0.25) is 5.02 Å². The van der Waals surface area contributed by atoms with Crippen LogP contribution >= 0.6 is 11.6 Å². The summed E-state index contributed by atoms with van der Waals surface area (Å²) < 4.78 is 2.25. The third-order valence-electron chi connectivity index (χ3n) is 3.01. The van der Waals surface area contributed by atoms with Gasteiger partial charge < -0.3 is 9.67 Å². The Bertz CT molecular complexity index is 564. The molecule has 18 heavy (non-hydrogen) atoms. The third-order valence-corrected chi connectivity index (χ3v) is 3.25. The lowest BCUT2D eigenvalue weighted by Gasteiger charge is -2.21. The van der Waals surface area contributed by atoms with E-state index in [1.54, 1.807) is 0 Å². The molecule has 98 valence electrons. The molecule has 0 saturated carbocycles. The van der Waals surface area contributed by atoms with E-state index in [4.69, 9.17) is 11.6 Å². The number of hydrogen-bond acceptors (Lipinski definition) is 1. The summed E-state index contributed by atoms with van der Waals surface area (Å²) in [7, 11) is 0. The molecule has 0 atom stereocenters. The van der Waals surface area contributed by atoms with Crippen molar-refractivity contribution in [2.24, 2.45) is 0 Å². The highest BCUT2D eigenvalue weighted by molar-refractivity contribution is 6.31. The quantitative estimate of drug-likeness (QED) is 0.885. The van der Waals surface area contributed by atoms with E-state index in [0.29, 0.717) is 12.5 Å². The SMILES string of the molecule is CC(C)n1c(CC(C)(C)O)cc2ccc(Cl)cc21. The highest BCUT2D eigenvalue weighted by Crippen LogP contribution is 2.28. The van der Waals surface area contributed by atoms with Gasteiger partial charge in [-0.3, -0.25) is 0 Å². The smallest absolute Gasteiger partial charge is 0.0646 e. The molecule has 0 amide bonds. The molecule has 0 unspecified atom stereocenters. The summed E-state index contributed by atoms with van der Waals surface area (Å²) in [5, 5.41) is 11.9. The van der Waals surface area contributed by atoms with Crippen LogP contribution in [0.1, 0.15) is 39.4 Å². The Balaban J connectivity index is 2.62. The molecule has 1 N–H and O–H groups in total. The largest absolute Gasteiger partial charge is 0.390 e. The minimum Gasteiger partial charge on any atom is -0.390 e. The van der Waals surface area contributed by atoms with Crippen molar-refractivity contribution < 1.29 is 5.11 Å². The molecule has 0 radical (unpaired) electrons. The number of rotatable bonds is 3. The van der Waals surface area contributed by atoms with Gasteiger partial charge in [0.05, 0.1) is 5.60 Å². The molecule has 1 heterocycles. The van der Waals surface area contributed by atoms with Gasteiger partial charge in [0.15, 0.2) is 0 Å². The Labute approximate surface area is 113 Å². The first-order valence-electron chi connectivity index (χ1n) is 6.30. The maximum absolute atomic E-state index is 10.0. The van der Waals surface area contributed by atoms with Gasteiger partial charge in [0, 0.05) is 28.7 Å². The summed E-state index contributed by atoms with van der Waals surface area (Å²) in [6.07, 6.45) is 0.636. The van der Waals surface area contributed by atoms with Crippen LogP contribution in [0.4, 0.5) is 0 Å². The van der Waals surface area contributed by atoms with Gasteiger partial charge in [-0.25, -0.2) is 0 Å². The van der Waals surface area contributed by atoms with Gasteiger partial charge in [-0.05, 0) is 51.3 Å². The summed E-state index contributed by atoms with van der Waals surface area (Å²) >= 11 is 6.07. The molecular weight excluding hydrogens is 246 g/mol. The van der Waals surface area contributed by atoms with Crippen molar-refractivity contribution in [2.45, 2.75) is 45.8 Å². The Hall–Kier alpha value is -0.990. The number of hydrogen-bond donors (Lipinski definition) is 1. The number of benzene rings is 1. The van der Waals surface area contributed by atoms with Crippen molar-refractivity contribution >= 4 is 22.5 Å². The fraction of sp³-hybridized carbons (Fsp3) is 0.467. The average molecular weight is 266 g/mol.